The summed E-state index contributed by atoms with van der Waals surface area (Å²) in [6, 6.07) is 0. The molecule has 2 nitrogen and oxygen atoms in total. The molecular weight excluding hydrogens is 126 g/mol. The van der Waals surface area contributed by atoms with Gasteiger partial charge < -0.3 is 10.5 Å². The van der Waals surface area contributed by atoms with Gasteiger partial charge in [-0.05, 0) is 31.1 Å². The average Bonchev–Trinajstić information content (AvgIpc) is 2.70. The van der Waals surface area contributed by atoms with Crippen LogP contribution < -0.4 is 5.73 Å². The molecule has 0 radical (unpaired) electrons. The van der Waals surface area contributed by atoms with E-state index in [0.717, 1.165) is 18.4 Å². The molecule has 1 aliphatic heterocycles. The molecule has 0 unspecified atom stereocenters. The SMILES string of the molecule is NC[C@@H]1C[C@H](C2CC2)CO1. The molecule has 0 aromatic heterocycles. The van der Waals surface area contributed by atoms with Crippen molar-refractivity contribution in [2.24, 2.45) is 17.6 Å². The van der Waals surface area contributed by atoms with Crippen LogP contribution in [0.2, 0.25) is 0 Å². The summed E-state index contributed by atoms with van der Waals surface area (Å²) in [6.45, 7) is 1.69. The van der Waals surface area contributed by atoms with E-state index in [0.29, 0.717) is 12.6 Å². The van der Waals surface area contributed by atoms with E-state index in [1.807, 2.05) is 0 Å². The van der Waals surface area contributed by atoms with Crippen molar-refractivity contribution in [3.63, 3.8) is 0 Å². The van der Waals surface area contributed by atoms with Crippen LogP contribution in [0.3, 0.4) is 0 Å². The van der Waals surface area contributed by atoms with Gasteiger partial charge in [0, 0.05) is 6.54 Å². The zero-order valence-corrected chi connectivity index (χ0v) is 6.25. The maximum Gasteiger partial charge on any atom is 0.0701 e. The van der Waals surface area contributed by atoms with E-state index in [1.165, 1.54) is 19.3 Å². The Hall–Kier alpha value is -0.0800. The molecule has 1 heterocycles. The zero-order valence-electron chi connectivity index (χ0n) is 6.25. The van der Waals surface area contributed by atoms with E-state index in [9.17, 15) is 0 Å². The Labute approximate surface area is 61.7 Å². The molecule has 2 rings (SSSR count). The van der Waals surface area contributed by atoms with Gasteiger partial charge in [-0.25, -0.2) is 0 Å². The van der Waals surface area contributed by atoms with Crippen molar-refractivity contribution >= 4 is 0 Å². The van der Waals surface area contributed by atoms with Gasteiger partial charge in [0.1, 0.15) is 0 Å². The van der Waals surface area contributed by atoms with Crippen molar-refractivity contribution in [2.45, 2.75) is 25.4 Å². The first kappa shape index (κ1) is 6.62. The lowest BCUT2D eigenvalue weighted by atomic mass is 10.0. The third kappa shape index (κ3) is 1.18. The van der Waals surface area contributed by atoms with Gasteiger partial charge in [0.2, 0.25) is 0 Å². The summed E-state index contributed by atoms with van der Waals surface area (Å²) in [4.78, 5) is 0. The number of rotatable bonds is 2. The lowest BCUT2D eigenvalue weighted by molar-refractivity contribution is 0.111. The average molecular weight is 141 g/mol. The van der Waals surface area contributed by atoms with Gasteiger partial charge in [-0.15, -0.1) is 0 Å². The van der Waals surface area contributed by atoms with Crippen LogP contribution in [-0.4, -0.2) is 19.3 Å². The van der Waals surface area contributed by atoms with Crippen LogP contribution in [0.25, 0.3) is 0 Å². The van der Waals surface area contributed by atoms with E-state index in [2.05, 4.69) is 0 Å². The molecule has 1 saturated carbocycles. The van der Waals surface area contributed by atoms with Gasteiger partial charge in [0.05, 0.1) is 12.7 Å². The summed E-state index contributed by atoms with van der Waals surface area (Å²) in [5, 5.41) is 0. The predicted molar refractivity (Wildman–Crippen MR) is 39.6 cm³/mol. The third-order valence-electron chi connectivity index (χ3n) is 2.66. The van der Waals surface area contributed by atoms with Crippen molar-refractivity contribution in [2.75, 3.05) is 13.2 Å². The van der Waals surface area contributed by atoms with Crippen LogP contribution in [0.4, 0.5) is 0 Å². The standard InChI is InChI=1S/C8H15NO/c9-4-8-3-7(5-10-8)6-1-2-6/h6-8H,1-5,9H2/t7-,8-/m0/s1. The minimum absolute atomic E-state index is 0.380. The minimum Gasteiger partial charge on any atom is -0.377 e. The predicted octanol–water partition coefficient (Wildman–Crippen LogP) is 0.760. The highest BCUT2D eigenvalue weighted by molar-refractivity contribution is 4.86. The van der Waals surface area contributed by atoms with Crippen molar-refractivity contribution in [3.05, 3.63) is 0 Å². The van der Waals surface area contributed by atoms with Crippen LogP contribution in [0.5, 0.6) is 0 Å². The third-order valence-corrected chi connectivity index (χ3v) is 2.66. The van der Waals surface area contributed by atoms with Crippen LogP contribution in [0, 0.1) is 11.8 Å². The van der Waals surface area contributed by atoms with E-state index >= 15 is 0 Å². The zero-order chi connectivity index (χ0) is 6.97. The summed E-state index contributed by atoms with van der Waals surface area (Å²) in [7, 11) is 0. The highest BCUT2D eigenvalue weighted by Crippen LogP contribution is 2.41. The van der Waals surface area contributed by atoms with Crippen LogP contribution in [0.1, 0.15) is 19.3 Å². The lowest BCUT2D eigenvalue weighted by Gasteiger charge is -2.03. The molecule has 2 aliphatic rings. The van der Waals surface area contributed by atoms with Crippen LogP contribution in [0.15, 0.2) is 0 Å². The summed E-state index contributed by atoms with van der Waals surface area (Å²) < 4.78 is 5.49. The van der Waals surface area contributed by atoms with Crippen molar-refractivity contribution in [3.8, 4) is 0 Å². The maximum atomic E-state index is 5.49. The maximum absolute atomic E-state index is 5.49. The number of ether oxygens (including phenoxy) is 1. The Morgan fingerprint density at radius 1 is 1.30 bits per heavy atom. The molecule has 10 heavy (non-hydrogen) atoms. The monoisotopic (exact) mass is 141 g/mol. The van der Waals surface area contributed by atoms with E-state index < -0.39 is 0 Å². The topological polar surface area (TPSA) is 35.2 Å². The van der Waals surface area contributed by atoms with Gasteiger partial charge in [-0.3, -0.25) is 0 Å². The molecular formula is C8H15NO. The fourth-order valence-corrected chi connectivity index (χ4v) is 1.79. The van der Waals surface area contributed by atoms with Crippen molar-refractivity contribution < 1.29 is 4.74 Å². The molecule has 2 heteroatoms. The molecule has 2 N–H and O–H groups in total. The molecule has 0 aromatic rings. The Balaban J connectivity index is 1.81. The number of hydrogen-bond acceptors (Lipinski definition) is 2. The van der Waals surface area contributed by atoms with E-state index in [-0.39, 0.29) is 0 Å². The Morgan fingerprint density at radius 2 is 2.10 bits per heavy atom. The van der Waals surface area contributed by atoms with Gasteiger partial charge in [-0.1, -0.05) is 0 Å². The first-order chi connectivity index (χ1) is 4.90. The van der Waals surface area contributed by atoms with E-state index in [4.69, 9.17) is 10.5 Å². The van der Waals surface area contributed by atoms with Gasteiger partial charge in [0.25, 0.3) is 0 Å². The number of hydrogen-bond donors (Lipinski definition) is 1. The van der Waals surface area contributed by atoms with Crippen LogP contribution in [-0.2, 0) is 4.74 Å². The van der Waals surface area contributed by atoms with E-state index in [1.54, 1.807) is 0 Å². The molecule has 0 aromatic carbocycles. The van der Waals surface area contributed by atoms with Crippen molar-refractivity contribution in [1.82, 2.24) is 0 Å². The summed E-state index contributed by atoms with van der Waals surface area (Å²) in [6.07, 6.45) is 4.48. The molecule has 0 spiro atoms. The number of nitrogens with two attached hydrogens (primary N) is 1. The fourth-order valence-electron chi connectivity index (χ4n) is 1.79. The normalized spacial score (nSPS) is 40.5. The first-order valence-corrected chi connectivity index (χ1v) is 4.22. The molecule has 2 fully saturated rings. The van der Waals surface area contributed by atoms with Crippen molar-refractivity contribution in [1.29, 1.82) is 0 Å². The van der Waals surface area contributed by atoms with Crippen LogP contribution >= 0.6 is 0 Å². The highest BCUT2D eigenvalue weighted by atomic mass is 16.5. The second-order valence-electron chi connectivity index (χ2n) is 3.52. The second-order valence-corrected chi connectivity index (χ2v) is 3.52. The van der Waals surface area contributed by atoms with Gasteiger partial charge in [0.15, 0.2) is 0 Å². The second kappa shape index (κ2) is 2.51. The molecule has 0 amide bonds. The molecule has 58 valence electrons. The lowest BCUT2D eigenvalue weighted by Crippen LogP contribution is -2.18. The fraction of sp³-hybridized carbons (Fsp3) is 1.00. The first-order valence-electron chi connectivity index (χ1n) is 4.22. The van der Waals surface area contributed by atoms with Gasteiger partial charge >= 0.3 is 0 Å². The Morgan fingerprint density at radius 3 is 2.60 bits per heavy atom. The van der Waals surface area contributed by atoms with Gasteiger partial charge in [-0.2, -0.15) is 0 Å². The summed E-state index contributed by atoms with van der Waals surface area (Å²) in [5.41, 5.74) is 5.49. The largest absolute Gasteiger partial charge is 0.377 e. The smallest absolute Gasteiger partial charge is 0.0701 e. The minimum atomic E-state index is 0.380. The molecule has 0 bridgehead atoms. The summed E-state index contributed by atoms with van der Waals surface area (Å²) in [5.74, 6) is 1.85. The highest BCUT2D eigenvalue weighted by Gasteiger charge is 2.36. The Bertz CT molecular complexity index is 122. The molecule has 1 aliphatic carbocycles. The Kier molecular flexibility index (Phi) is 1.66. The molecule has 1 saturated heterocycles. The quantitative estimate of drug-likeness (QED) is 0.616. The summed E-state index contributed by atoms with van der Waals surface area (Å²) >= 11 is 0. The molecule has 2 atom stereocenters.